The Morgan fingerprint density at radius 3 is 2.68 bits per heavy atom. The first-order chi connectivity index (χ1) is 9.99. The van der Waals surface area contributed by atoms with Gasteiger partial charge in [-0.15, -0.1) is 12.4 Å². The van der Waals surface area contributed by atoms with Gasteiger partial charge in [-0.1, -0.05) is 6.07 Å². The average Bonchev–Trinajstić information content (AvgIpc) is 2.49. The van der Waals surface area contributed by atoms with Crippen LogP contribution in [-0.4, -0.2) is 30.1 Å². The number of nitrogens with one attached hydrogen (secondary N) is 1. The van der Waals surface area contributed by atoms with Crippen molar-refractivity contribution in [2.24, 2.45) is 11.7 Å². The minimum atomic E-state index is -0.630. The third-order valence-corrected chi connectivity index (χ3v) is 3.75. The normalized spacial score (nSPS) is 16.5. The largest absolute Gasteiger partial charge is 0.381 e. The Labute approximate surface area is 134 Å². The van der Waals surface area contributed by atoms with Crippen molar-refractivity contribution in [1.82, 2.24) is 0 Å². The maximum atomic E-state index is 12.1. The molecule has 1 saturated heterocycles. The Balaban J connectivity index is 0.00000242. The van der Waals surface area contributed by atoms with Crippen molar-refractivity contribution in [3.63, 3.8) is 0 Å². The quantitative estimate of drug-likeness (QED) is 0.649. The smallest absolute Gasteiger partial charge is 0.274 e. The molecule has 1 aliphatic heterocycles. The Hall–Kier alpha value is -1.70. The minimum absolute atomic E-state index is 0. The van der Waals surface area contributed by atoms with Crippen LogP contribution in [0, 0.1) is 23.0 Å². The van der Waals surface area contributed by atoms with E-state index in [0.29, 0.717) is 24.5 Å². The fourth-order valence-electron chi connectivity index (χ4n) is 2.40. The van der Waals surface area contributed by atoms with Gasteiger partial charge in [0, 0.05) is 30.5 Å². The predicted molar refractivity (Wildman–Crippen MR) is 85.2 cm³/mol. The van der Waals surface area contributed by atoms with E-state index in [2.05, 4.69) is 5.32 Å². The lowest BCUT2D eigenvalue weighted by Gasteiger charge is -2.26. The van der Waals surface area contributed by atoms with Crippen molar-refractivity contribution in [1.29, 1.82) is 0 Å². The molecule has 0 bridgehead atoms. The van der Waals surface area contributed by atoms with Gasteiger partial charge in [0.25, 0.3) is 5.69 Å². The molecule has 1 amide bonds. The Kier molecular flexibility index (Phi) is 6.73. The van der Waals surface area contributed by atoms with E-state index in [1.54, 1.807) is 19.1 Å². The molecule has 7 nitrogen and oxygen atoms in total. The highest BCUT2D eigenvalue weighted by molar-refractivity contribution is 5.95. The number of hydrogen-bond acceptors (Lipinski definition) is 5. The van der Waals surface area contributed by atoms with Gasteiger partial charge in [-0.25, -0.2) is 0 Å². The highest BCUT2D eigenvalue weighted by Gasteiger charge is 2.26. The summed E-state index contributed by atoms with van der Waals surface area (Å²) in [7, 11) is 0. The first kappa shape index (κ1) is 18.3. The molecule has 0 aliphatic carbocycles. The number of carbonyl (C=O) groups excluding carboxylic acids is 1. The lowest BCUT2D eigenvalue weighted by atomic mass is 9.92. The summed E-state index contributed by atoms with van der Waals surface area (Å²) in [5.74, 6) is -0.237. The third kappa shape index (κ3) is 4.40. The summed E-state index contributed by atoms with van der Waals surface area (Å²) in [6.45, 7) is 2.88. The molecule has 1 fully saturated rings. The number of halogens is 1. The van der Waals surface area contributed by atoms with Crippen molar-refractivity contribution in [2.45, 2.75) is 25.8 Å². The second kappa shape index (κ2) is 8.07. The molecule has 0 spiro atoms. The summed E-state index contributed by atoms with van der Waals surface area (Å²) in [5, 5.41) is 13.5. The molecule has 0 aromatic heterocycles. The molecule has 3 N–H and O–H groups in total. The van der Waals surface area contributed by atoms with Gasteiger partial charge in [-0.05, 0) is 31.7 Å². The van der Waals surface area contributed by atoms with Crippen LogP contribution in [0.25, 0.3) is 0 Å². The molecule has 1 atom stereocenters. The number of aryl methyl sites for hydroxylation is 1. The van der Waals surface area contributed by atoms with Crippen molar-refractivity contribution in [2.75, 3.05) is 18.5 Å². The predicted octanol–water partition coefficient (Wildman–Crippen LogP) is 2.02. The zero-order valence-corrected chi connectivity index (χ0v) is 13.1. The summed E-state index contributed by atoms with van der Waals surface area (Å²) < 4.78 is 5.24. The highest BCUT2D eigenvalue weighted by Crippen LogP contribution is 2.23. The molecule has 1 unspecified atom stereocenters. The Bertz CT molecular complexity index is 547. The van der Waals surface area contributed by atoms with E-state index in [0.717, 1.165) is 12.8 Å². The van der Waals surface area contributed by atoms with E-state index in [1.165, 1.54) is 6.07 Å². The number of hydrogen-bond donors (Lipinski definition) is 2. The molecule has 1 aliphatic rings. The Morgan fingerprint density at radius 1 is 1.45 bits per heavy atom. The van der Waals surface area contributed by atoms with E-state index >= 15 is 0 Å². The van der Waals surface area contributed by atoms with Crippen molar-refractivity contribution in [3.8, 4) is 0 Å². The van der Waals surface area contributed by atoms with Gasteiger partial charge < -0.3 is 15.8 Å². The number of nitro groups is 1. The van der Waals surface area contributed by atoms with Gasteiger partial charge in [0.15, 0.2) is 0 Å². The van der Waals surface area contributed by atoms with Crippen molar-refractivity contribution in [3.05, 3.63) is 33.9 Å². The van der Waals surface area contributed by atoms with Crippen LogP contribution in [0.5, 0.6) is 0 Å². The first-order valence-electron chi connectivity index (χ1n) is 6.88. The maximum absolute atomic E-state index is 12.1. The second-order valence-corrected chi connectivity index (χ2v) is 5.22. The number of nitrogens with two attached hydrogens (primary N) is 1. The standard InChI is InChI=1S/C14H19N3O4.ClH/c1-9-2-3-11(8-12(9)17(19)20)16-14(18)13(15)10-4-6-21-7-5-10;/h2-3,8,10,13H,4-7,15H2,1H3,(H,16,18);1H. The summed E-state index contributed by atoms with van der Waals surface area (Å²) in [4.78, 5) is 22.6. The number of carbonyl (C=O) groups is 1. The summed E-state index contributed by atoms with van der Waals surface area (Å²) in [5.41, 5.74) is 6.88. The van der Waals surface area contributed by atoms with Crippen LogP contribution in [0.3, 0.4) is 0 Å². The minimum Gasteiger partial charge on any atom is -0.381 e. The van der Waals surface area contributed by atoms with Crippen LogP contribution >= 0.6 is 12.4 Å². The molecule has 1 aromatic rings. The molecular weight excluding hydrogens is 310 g/mol. The van der Waals surface area contributed by atoms with Crippen molar-refractivity contribution >= 4 is 29.7 Å². The molecule has 1 heterocycles. The fraction of sp³-hybridized carbons (Fsp3) is 0.500. The van der Waals surface area contributed by atoms with Crippen LogP contribution in [0.2, 0.25) is 0 Å². The highest BCUT2D eigenvalue weighted by atomic mass is 35.5. The molecule has 122 valence electrons. The molecule has 8 heteroatoms. The van der Waals surface area contributed by atoms with Crippen LogP contribution in [0.15, 0.2) is 18.2 Å². The van der Waals surface area contributed by atoms with Gasteiger partial charge in [0.2, 0.25) is 5.91 Å². The van der Waals surface area contributed by atoms with Gasteiger partial charge in [0.05, 0.1) is 11.0 Å². The SMILES string of the molecule is Cc1ccc(NC(=O)C(N)C2CCOCC2)cc1[N+](=O)[O-].Cl. The summed E-state index contributed by atoms with van der Waals surface area (Å²) in [6, 6.07) is 3.96. The van der Waals surface area contributed by atoms with Gasteiger partial charge in [0.1, 0.15) is 0 Å². The topological polar surface area (TPSA) is 107 Å². The molecule has 0 saturated carbocycles. The molecule has 1 aromatic carbocycles. The van der Waals surface area contributed by atoms with Gasteiger partial charge in [-0.2, -0.15) is 0 Å². The number of benzene rings is 1. The monoisotopic (exact) mass is 329 g/mol. The molecular formula is C14H20ClN3O4. The van der Waals surface area contributed by atoms with E-state index in [4.69, 9.17) is 10.5 Å². The number of nitrogens with zero attached hydrogens (tertiary/aromatic N) is 1. The number of ether oxygens (including phenoxy) is 1. The van der Waals surface area contributed by atoms with Crippen LogP contribution < -0.4 is 11.1 Å². The van der Waals surface area contributed by atoms with E-state index < -0.39 is 11.0 Å². The third-order valence-electron chi connectivity index (χ3n) is 3.75. The number of nitro benzene ring substituents is 1. The zero-order chi connectivity index (χ0) is 15.4. The number of anilines is 1. The van der Waals surface area contributed by atoms with E-state index in [9.17, 15) is 14.9 Å². The van der Waals surface area contributed by atoms with Crippen LogP contribution in [-0.2, 0) is 9.53 Å². The first-order valence-corrected chi connectivity index (χ1v) is 6.88. The van der Waals surface area contributed by atoms with E-state index in [1.807, 2.05) is 0 Å². The Morgan fingerprint density at radius 2 is 2.09 bits per heavy atom. The van der Waals surface area contributed by atoms with Crippen molar-refractivity contribution < 1.29 is 14.5 Å². The summed E-state index contributed by atoms with van der Waals surface area (Å²) in [6.07, 6.45) is 1.51. The number of rotatable bonds is 4. The van der Waals surface area contributed by atoms with Gasteiger partial charge in [-0.3, -0.25) is 14.9 Å². The average molecular weight is 330 g/mol. The molecule has 22 heavy (non-hydrogen) atoms. The fourth-order valence-corrected chi connectivity index (χ4v) is 2.40. The number of amides is 1. The lowest BCUT2D eigenvalue weighted by Crippen LogP contribution is -2.44. The summed E-state index contributed by atoms with van der Waals surface area (Å²) >= 11 is 0. The zero-order valence-electron chi connectivity index (χ0n) is 12.3. The van der Waals surface area contributed by atoms with Crippen LogP contribution in [0.4, 0.5) is 11.4 Å². The second-order valence-electron chi connectivity index (χ2n) is 5.22. The van der Waals surface area contributed by atoms with E-state index in [-0.39, 0.29) is 29.9 Å². The van der Waals surface area contributed by atoms with Gasteiger partial charge >= 0.3 is 0 Å². The van der Waals surface area contributed by atoms with Crippen LogP contribution in [0.1, 0.15) is 18.4 Å². The molecule has 0 radical (unpaired) electrons. The lowest BCUT2D eigenvalue weighted by molar-refractivity contribution is -0.385. The maximum Gasteiger partial charge on any atom is 0.274 e. The molecule has 2 rings (SSSR count).